The molecule has 4 nitrogen and oxygen atoms in total. The monoisotopic (exact) mass is 410 g/mol. The fourth-order valence-electron chi connectivity index (χ4n) is 2.60. The molecule has 108 valence electrons. The fraction of sp³-hybridized carbons (Fsp3) is 0. The maximum absolute atomic E-state index is 12.2. The van der Waals surface area contributed by atoms with Gasteiger partial charge in [0.25, 0.3) is 0 Å². The van der Waals surface area contributed by atoms with Gasteiger partial charge in [-0.25, -0.2) is 0 Å². The number of hydrogen-bond donors (Lipinski definition) is 0. The second kappa shape index (κ2) is 5.70. The molecule has 0 atom stereocenters. The quantitative estimate of drug-likeness (QED) is 0.729. The minimum absolute atomic E-state index is 0.125. The van der Waals surface area contributed by atoms with E-state index >= 15 is 0 Å². The number of fused-ring (bicyclic) bond motifs is 2. The van der Waals surface area contributed by atoms with Crippen molar-refractivity contribution in [3.8, 4) is 0 Å². The molecule has 0 N–H and O–H groups in total. The molecule has 23 heavy (non-hydrogen) atoms. The van der Waals surface area contributed by atoms with Crippen LogP contribution in [0.3, 0.4) is 0 Å². The number of carbonyl (C=O) groups is 2. The summed E-state index contributed by atoms with van der Waals surface area (Å²) in [5.41, 5.74) is 3.00. The van der Waals surface area contributed by atoms with Crippen LogP contribution in [0, 0.1) is 0 Å². The molecule has 0 unspecified atom stereocenters. The molecule has 5 heteroatoms. The summed E-state index contributed by atoms with van der Waals surface area (Å²) >= 11 is -1.82. The van der Waals surface area contributed by atoms with Crippen molar-refractivity contribution in [2.24, 2.45) is 0 Å². The Hall–Kier alpha value is -2.34. The van der Waals surface area contributed by atoms with Gasteiger partial charge >= 0.3 is 144 Å². The Morgan fingerprint density at radius 2 is 1.09 bits per heavy atom. The van der Waals surface area contributed by atoms with Gasteiger partial charge in [0.05, 0.1) is 0 Å². The molecular formula is C18H10O4Sn+2. The topological polar surface area (TPSA) is 52.6 Å². The van der Waals surface area contributed by atoms with Crippen molar-refractivity contribution in [1.82, 2.24) is 0 Å². The van der Waals surface area contributed by atoms with Crippen molar-refractivity contribution in [1.29, 1.82) is 0 Å². The van der Waals surface area contributed by atoms with E-state index in [1.807, 2.05) is 36.4 Å². The van der Waals surface area contributed by atoms with Crippen molar-refractivity contribution in [3.05, 3.63) is 82.3 Å². The number of carbonyl (C=O) groups excluding carboxylic acids is 2. The van der Waals surface area contributed by atoms with E-state index in [2.05, 4.69) is 0 Å². The first-order chi connectivity index (χ1) is 11.2. The molecule has 0 heterocycles. The molecule has 2 aromatic carbocycles. The predicted octanol–water partition coefficient (Wildman–Crippen LogP) is 3.03. The van der Waals surface area contributed by atoms with Gasteiger partial charge in [-0.15, -0.1) is 0 Å². The summed E-state index contributed by atoms with van der Waals surface area (Å²) < 4.78 is 11.1. The summed E-state index contributed by atoms with van der Waals surface area (Å²) in [7, 11) is 0. The van der Waals surface area contributed by atoms with Crippen LogP contribution in [0.25, 0.3) is 12.2 Å². The van der Waals surface area contributed by atoms with Crippen LogP contribution < -0.4 is 0 Å². The summed E-state index contributed by atoms with van der Waals surface area (Å²) in [4.78, 5) is 24.3. The van der Waals surface area contributed by atoms with E-state index in [0.717, 1.165) is 11.1 Å². The van der Waals surface area contributed by atoms with Gasteiger partial charge in [-0.2, -0.15) is 0 Å². The van der Waals surface area contributed by atoms with Crippen LogP contribution in [0.2, 0.25) is 0 Å². The number of ketones is 2. The minimum atomic E-state index is -1.82. The molecule has 2 aromatic rings. The Labute approximate surface area is 143 Å². The number of allylic oxidation sites excluding steroid dienone is 2. The Kier molecular flexibility index (Phi) is 3.53. The zero-order valence-electron chi connectivity index (χ0n) is 11.9. The molecule has 0 spiro atoms. The van der Waals surface area contributed by atoms with Crippen molar-refractivity contribution in [3.63, 3.8) is 0 Å². The van der Waals surface area contributed by atoms with Crippen molar-refractivity contribution in [2.75, 3.05) is 0 Å². The van der Waals surface area contributed by atoms with Crippen LogP contribution in [0.5, 0.6) is 0 Å². The van der Waals surface area contributed by atoms with Crippen LogP contribution in [-0.4, -0.2) is 33.5 Å². The van der Waals surface area contributed by atoms with Crippen LogP contribution in [0.4, 0.5) is 0 Å². The molecule has 0 saturated heterocycles. The first-order valence-corrected chi connectivity index (χ1v) is 9.36. The molecule has 4 rings (SSSR count). The Balaban J connectivity index is 1.41. The van der Waals surface area contributed by atoms with Gasteiger partial charge in [0.15, 0.2) is 0 Å². The van der Waals surface area contributed by atoms with E-state index in [4.69, 9.17) is 6.15 Å². The molecular weight excluding hydrogens is 399 g/mol. The average Bonchev–Trinajstić information content (AvgIpc) is 3.07. The average molecular weight is 409 g/mol. The number of hydrogen-bond acceptors (Lipinski definition) is 4. The third-order valence-electron chi connectivity index (χ3n) is 3.73. The Morgan fingerprint density at radius 3 is 1.52 bits per heavy atom. The van der Waals surface area contributed by atoms with Gasteiger partial charge in [0, 0.05) is 0 Å². The van der Waals surface area contributed by atoms with Crippen molar-refractivity contribution >= 4 is 45.7 Å². The van der Waals surface area contributed by atoms with Gasteiger partial charge in [-0.05, 0) is 0 Å². The molecule has 0 amide bonds. The summed E-state index contributed by atoms with van der Waals surface area (Å²) in [6, 6.07) is 14.7. The van der Waals surface area contributed by atoms with Gasteiger partial charge in [0.1, 0.15) is 0 Å². The molecule has 2 aliphatic carbocycles. The van der Waals surface area contributed by atoms with E-state index in [1.54, 1.807) is 24.3 Å². The van der Waals surface area contributed by atoms with E-state index in [9.17, 15) is 9.59 Å². The first kappa shape index (κ1) is 14.3. The molecule has 0 aliphatic heterocycles. The maximum atomic E-state index is 12.2. The van der Waals surface area contributed by atoms with Crippen LogP contribution >= 0.6 is 0 Å². The Bertz CT molecular complexity index is 822. The third-order valence-corrected chi connectivity index (χ3v) is 5.47. The normalized spacial score (nSPS) is 14.6. The first-order valence-electron chi connectivity index (χ1n) is 7.03. The second-order valence-electron chi connectivity index (χ2n) is 5.14. The molecule has 0 radical (unpaired) electrons. The summed E-state index contributed by atoms with van der Waals surface area (Å²) in [6.45, 7) is 0. The van der Waals surface area contributed by atoms with Crippen molar-refractivity contribution < 1.29 is 15.7 Å². The second-order valence-corrected chi connectivity index (χ2v) is 6.78. The summed E-state index contributed by atoms with van der Waals surface area (Å²) in [5.74, 6) is 0.364. The van der Waals surface area contributed by atoms with E-state index in [-0.39, 0.29) is 11.6 Å². The van der Waals surface area contributed by atoms with Crippen LogP contribution in [-0.2, 0) is 6.15 Å². The summed E-state index contributed by atoms with van der Waals surface area (Å²) in [5, 5.41) is 0. The zero-order valence-corrected chi connectivity index (χ0v) is 14.8. The molecule has 0 aromatic heterocycles. The number of benzene rings is 2. The number of Topliss-reactive ketones (excluding diaryl/α,β-unsaturated/α-hetero) is 2. The fourth-order valence-corrected chi connectivity index (χ4v) is 4.10. The zero-order chi connectivity index (χ0) is 15.8. The van der Waals surface area contributed by atoms with Gasteiger partial charge < -0.3 is 0 Å². The molecule has 0 bridgehead atoms. The SMILES string of the molecule is O=C1C([O][Sn+2][O]C2=Cc3ccccc3C2=O)=Cc2ccccc21. The van der Waals surface area contributed by atoms with E-state index < -0.39 is 22.0 Å². The predicted molar refractivity (Wildman–Crippen MR) is 85.4 cm³/mol. The van der Waals surface area contributed by atoms with E-state index in [0.29, 0.717) is 22.6 Å². The van der Waals surface area contributed by atoms with Gasteiger partial charge in [0.2, 0.25) is 0 Å². The van der Waals surface area contributed by atoms with Crippen LogP contribution in [0.15, 0.2) is 60.0 Å². The van der Waals surface area contributed by atoms with Gasteiger partial charge in [-0.1, -0.05) is 0 Å². The van der Waals surface area contributed by atoms with Crippen LogP contribution in [0.1, 0.15) is 31.8 Å². The molecule has 2 aliphatic rings. The third kappa shape index (κ3) is 2.49. The number of rotatable bonds is 4. The van der Waals surface area contributed by atoms with Crippen molar-refractivity contribution in [2.45, 2.75) is 0 Å². The van der Waals surface area contributed by atoms with E-state index in [1.165, 1.54) is 0 Å². The van der Waals surface area contributed by atoms with Gasteiger partial charge in [-0.3, -0.25) is 0 Å². The summed E-state index contributed by atoms with van der Waals surface area (Å²) in [6.07, 6.45) is 3.45. The Morgan fingerprint density at radius 1 is 0.652 bits per heavy atom. The molecule has 0 fully saturated rings. The standard InChI is InChI=1S/2C9H6O2.Sn/c2*10-8-5-6-3-1-2-4-7(6)9(8)11;/h2*1-5H,(H,10,11);/q;;+4/p-2. The molecule has 0 saturated carbocycles.